The second kappa shape index (κ2) is 8.62. The third kappa shape index (κ3) is 5.85. The van der Waals surface area contributed by atoms with Gasteiger partial charge in [0.05, 0.1) is 0 Å². The first-order valence-corrected chi connectivity index (χ1v) is 8.89. The summed E-state index contributed by atoms with van der Waals surface area (Å²) in [5.41, 5.74) is 0. The molecule has 0 aromatic carbocycles. The Balaban J connectivity index is 1.79. The Morgan fingerprint density at radius 3 is 2.29 bits per heavy atom. The van der Waals surface area contributed by atoms with Gasteiger partial charge in [-0.1, -0.05) is 26.7 Å². The highest BCUT2D eigenvalue weighted by Gasteiger charge is 2.24. The third-order valence-electron chi connectivity index (χ3n) is 4.84. The number of aliphatic imine (C=N–C) groups is 1. The molecule has 0 bridgehead atoms. The molecule has 122 valence electrons. The minimum atomic E-state index is 0.613. The zero-order valence-electron chi connectivity index (χ0n) is 14.2. The van der Waals surface area contributed by atoms with Crippen molar-refractivity contribution in [2.75, 3.05) is 33.2 Å². The highest BCUT2D eigenvalue weighted by molar-refractivity contribution is 5.79. The molecule has 0 amide bonds. The average Bonchev–Trinajstić information content (AvgIpc) is 3.29. The summed E-state index contributed by atoms with van der Waals surface area (Å²) in [6.07, 6.45) is 8.28. The quantitative estimate of drug-likeness (QED) is 0.584. The molecule has 4 nitrogen and oxygen atoms in total. The standard InChI is InChI=1S/C17H34N4/c1-14(2)16(21-10-6-4-5-7-11-21)13-20-17(18-3)19-12-15-8-9-15/h14-16H,4-13H2,1-3H3,(H2,18,19,20). The van der Waals surface area contributed by atoms with Crippen molar-refractivity contribution in [3.05, 3.63) is 0 Å². The predicted molar refractivity (Wildman–Crippen MR) is 90.8 cm³/mol. The van der Waals surface area contributed by atoms with Gasteiger partial charge in [0.25, 0.3) is 0 Å². The van der Waals surface area contributed by atoms with Crippen LogP contribution >= 0.6 is 0 Å². The second-order valence-electron chi connectivity index (χ2n) is 7.04. The molecule has 1 aliphatic heterocycles. The first-order valence-electron chi connectivity index (χ1n) is 8.89. The summed E-state index contributed by atoms with van der Waals surface area (Å²) in [4.78, 5) is 7.05. The Hall–Kier alpha value is -0.770. The van der Waals surface area contributed by atoms with Crippen molar-refractivity contribution >= 4 is 5.96 Å². The Morgan fingerprint density at radius 1 is 1.10 bits per heavy atom. The molecule has 1 aliphatic carbocycles. The average molecular weight is 294 g/mol. The van der Waals surface area contributed by atoms with Gasteiger partial charge in [0.15, 0.2) is 5.96 Å². The summed E-state index contributed by atoms with van der Waals surface area (Å²) in [5, 5.41) is 7.01. The van der Waals surface area contributed by atoms with Crippen LogP contribution in [-0.4, -0.2) is 50.1 Å². The van der Waals surface area contributed by atoms with Gasteiger partial charge in [-0.15, -0.1) is 0 Å². The number of rotatable bonds is 6. The minimum absolute atomic E-state index is 0.613. The largest absolute Gasteiger partial charge is 0.356 e. The molecule has 1 saturated carbocycles. The summed E-state index contributed by atoms with van der Waals surface area (Å²) < 4.78 is 0. The van der Waals surface area contributed by atoms with Gasteiger partial charge in [0.2, 0.25) is 0 Å². The van der Waals surface area contributed by atoms with Gasteiger partial charge in [-0.05, 0) is 50.6 Å². The Bertz CT molecular complexity index is 315. The first kappa shape index (κ1) is 16.6. The SMILES string of the molecule is CN=C(NCC1CC1)NCC(C(C)C)N1CCCCCC1. The Labute approximate surface area is 130 Å². The van der Waals surface area contributed by atoms with Crippen LogP contribution in [0.1, 0.15) is 52.4 Å². The van der Waals surface area contributed by atoms with Gasteiger partial charge in [-0.2, -0.15) is 0 Å². The predicted octanol–water partition coefficient (Wildman–Crippen LogP) is 2.46. The van der Waals surface area contributed by atoms with Crippen molar-refractivity contribution in [1.29, 1.82) is 0 Å². The van der Waals surface area contributed by atoms with E-state index in [1.54, 1.807) is 0 Å². The van der Waals surface area contributed by atoms with Gasteiger partial charge in [0.1, 0.15) is 0 Å². The zero-order chi connectivity index (χ0) is 15.1. The molecular formula is C17H34N4. The topological polar surface area (TPSA) is 39.7 Å². The van der Waals surface area contributed by atoms with E-state index in [4.69, 9.17) is 0 Å². The smallest absolute Gasteiger partial charge is 0.191 e. The van der Waals surface area contributed by atoms with Crippen LogP contribution in [0.3, 0.4) is 0 Å². The van der Waals surface area contributed by atoms with Crippen LogP contribution in [0.5, 0.6) is 0 Å². The Kier molecular flexibility index (Phi) is 6.81. The fraction of sp³-hybridized carbons (Fsp3) is 0.941. The minimum Gasteiger partial charge on any atom is -0.356 e. The van der Waals surface area contributed by atoms with E-state index >= 15 is 0 Å². The van der Waals surface area contributed by atoms with E-state index in [2.05, 4.69) is 34.4 Å². The molecule has 1 atom stereocenters. The van der Waals surface area contributed by atoms with Crippen LogP contribution in [-0.2, 0) is 0 Å². The van der Waals surface area contributed by atoms with Crippen LogP contribution < -0.4 is 10.6 Å². The molecule has 1 saturated heterocycles. The summed E-state index contributed by atoms with van der Waals surface area (Å²) in [6, 6.07) is 0.613. The highest BCUT2D eigenvalue weighted by Crippen LogP contribution is 2.27. The van der Waals surface area contributed by atoms with E-state index in [1.165, 1.54) is 51.6 Å². The number of hydrogen-bond donors (Lipinski definition) is 2. The molecule has 2 fully saturated rings. The van der Waals surface area contributed by atoms with E-state index in [-0.39, 0.29) is 0 Å². The van der Waals surface area contributed by atoms with Crippen molar-refractivity contribution in [2.45, 2.75) is 58.4 Å². The number of nitrogens with zero attached hydrogens (tertiary/aromatic N) is 2. The van der Waals surface area contributed by atoms with Crippen LogP contribution in [0.2, 0.25) is 0 Å². The molecule has 2 aliphatic rings. The maximum Gasteiger partial charge on any atom is 0.191 e. The lowest BCUT2D eigenvalue weighted by Gasteiger charge is -2.34. The summed E-state index contributed by atoms with van der Waals surface area (Å²) >= 11 is 0. The molecule has 1 unspecified atom stereocenters. The van der Waals surface area contributed by atoms with E-state index < -0.39 is 0 Å². The zero-order valence-corrected chi connectivity index (χ0v) is 14.2. The van der Waals surface area contributed by atoms with E-state index in [0.29, 0.717) is 12.0 Å². The van der Waals surface area contributed by atoms with Gasteiger partial charge < -0.3 is 10.6 Å². The van der Waals surface area contributed by atoms with Crippen LogP contribution in [0.25, 0.3) is 0 Å². The maximum atomic E-state index is 4.36. The highest BCUT2D eigenvalue weighted by atomic mass is 15.2. The molecule has 0 aromatic heterocycles. The van der Waals surface area contributed by atoms with Crippen LogP contribution in [0, 0.1) is 11.8 Å². The summed E-state index contributed by atoms with van der Waals surface area (Å²) in [6.45, 7) is 9.30. The van der Waals surface area contributed by atoms with Crippen molar-refractivity contribution in [3.63, 3.8) is 0 Å². The monoisotopic (exact) mass is 294 g/mol. The Morgan fingerprint density at radius 2 is 1.76 bits per heavy atom. The lowest BCUT2D eigenvalue weighted by molar-refractivity contribution is 0.161. The molecule has 4 heteroatoms. The summed E-state index contributed by atoms with van der Waals surface area (Å²) in [7, 11) is 1.87. The van der Waals surface area contributed by atoms with Gasteiger partial charge in [-0.25, -0.2) is 0 Å². The lowest BCUT2D eigenvalue weighted by atomic mass is 10.0. The maximum absolute atomic E-state index is 4.36. The first-order chi connectivity index (χ1) is 10.2. The van der Waals surface area contributed by atoms with Crippen molar-refractivity contribution in [2.24, 2.45) is 16.8 Å². The molecule has 2 N–H and O–H groups in total. The van der Waals surface area contributed by atoms with E-state index in [0.717, 1.165) is 25.0 Å². The fourth-order valence-corrected chi connectivity index (χ4v) is 3.20. The normalized spacial score (nSPS) is 23.0. The second-order valence-corrected chi connectivity index (χ2v) is 7.04. The van der Waals surface area contributed by atoms with Crippen LogP contribution in [0.15, 0.2) is 4.99 Å². The molecule has 0 spiro atoms. The number of likely N-dealkylation sites (tertiary alicyclic amines) is 1. The number of nitrogens with one attached hydrogen (secondary N) is 2. The molecular weight excluding hydrogens is 260 g/mol. The van der Waals surface area contributed by atoms with Gasteiger partial charge >= 0.3 is 0 Å². The van der Waals surface area contributed by atoms with Crippen molar-refractivity contribution in [3.8, 4) is 0 Å². The van der Waals surface area contributed by atoms with Gasteiger partial charge in [-0.3, -0.25) is 9.89 Å². The van der Waals surface area contributed by atoms with Crippen molar-refractivity contribution < 1.29 is 0 Å². The number of guanidine groups is 1. The molecule has 1 heterocycles. The summed E-state index contributed by atoms with van der Waals surface area (Å²) in [5.74, 6) is 2.54. The third-order valence-corrected chi connectivity index (χ3v) is 4.84. The van der Waals surface area contributed by atoms with Crippen LogP contribution in [0.4, 0.5) is 0 Å². The molecule has 21 heavy (non-hydrogen) atoms. The van der Waals surface area contributed by atoms with E-state index in [1.807, 2.05) is 7.05 Å². The van der Waals surface area contributed by atoms with Crippen molar-refractivity contribution in [1.82, 2.24) is 15.5 Å². The van der Waals surface area contributed by atoms with E-state index in [9.17, 15) is 0 Å². The molecule has 2 rings (SSSR count). The van der Waals surface area contributed by atoms with Gasteiger partial charge in [0, 0.05) is 26.2 Å². The molecule has 0 aromatic rings. The lowest BCUT2D eigenvalue weighted by Crippen LogP contribution is -2.50. The fourth-order valence-electron chi connectivity index (χ4n) is 3.20. The molecule has 0 radical (unpaired) electrons. The number of hydrogen-bond acceptors (Lipinski definition) is 2.